The van der Waals surface area contributed by atoms with Crippen molar-refractivity contribution < 1.29 is 0 Å². The van der Waals surface area contributed by atoms with Gasteiger partial charge in [-0.3, -0.25) is 0 Å². The Kier molecular flexibility index (Phi) is 3.96. The molecule has 0 bridgehead atoms. The van der Waals surface area contributed by atoms with Crippen molar-refractivity contribution in [1.82, 2.24) is 0 Å². The maximum Gasteiger partial charge on any atom is 0.0366 e. The zero-order valence-electron chi connectivity index (χ0n) is 12.0. The van der Waals surface area contributed by atoms with Crippen molar-refractivity contribution in [2.24, 2.45) is 5.73 Å². The normalized spacial score (nSPS) is 14.7. The van der Waals surface area contributed by atoms with Crippen LogP contribution < -0.4 is 10.6 Å². The summed E-state index contributed by atoms with van der Waals surface area (Å²) >= 11 is 0. The Hall–Kier alpha value is -1.02. The topological polar surface area (TPSA) is 29.3 Å². The van der Waals surface area contributed by atoms with Crippen LogP contribution in [0.4, 0.5) is 5.69 Å². The summed E-state index contributed by atoms with van der Waals surface area (Å²) in [4.78, 5) is 2.35. The summed E-state index contributed by atoms with van der Waals surface area (Å²) < 4.78 is 0. The second kappa shape index (κ2) is 5.31. The van der Waals surface area contributed by atoms with Crippen molar-refractivity contribution in [1.29, 1.82) is 0 Å². The van der Waals surface area contributed by atoms with Gasteiger partial charge in [-0.2, -0.15) is 0 Å². The monoisotopic (exact) mass is 246 g/mol. The van der Waals surface area contributed by atoms with Crippen LogP contribution in [-0.2, 0) is 12.8 Å². The van der Waals surface area contributed by atoms with E-state index in [1.807, 2.05) is 0 Å². The zero-order valence-corrected chi connectivity index (χ0v) is 12.0. The highest BCUT2D eigenvalue weighted by Gasteiger charge is 2.13. The maximum atomic E-state index is 6.02. The number of rotatable bonds is 5. The van der Waals surface area contributed by atoms with Crippen LogP contribution in [0, 0.1) is 0 Å². The van der Waals surface area contributed by atoms with E-state index in [9.17, 15) is 0 Å². The summed E-state index contributed by atoms with van der Waals surface area (Å²) in [5, 5.41) is 0. The molecule has 2 nitrogen and oxygen atoms in total. The Morgan fingerprint density at radius 2 is 1.94 bits per heavy atom. The van der Waals surface area contributed by atoms with Crippen LogP contribution in [0.25, 0.3) is 0 Å². The molecular formula is C16H26N2. The second-order valence-corrected chi connectivity index (χ2v) is 6.32. The van der Waals surface area contributed by atoms with Crippen molar-refractivity contribution in [3.8, 4) is 0 Å². The fraction of sp³-hybridized carbons (Fsp3) is 0.625. The molecule has 0 saturated carbocycles. The molecule has 100 valence electrons. The molecular weight excluding hydrogens is 220 g/mol. The van der Waals surface area contributed by atoms with E-state index in [1.165, 1.54) is 24.9 Å². The van der Waals surface area contributed by atoms with E-state index >= 15 is 0 Å². The van der Waals surface area contributed by atoms with Gasteiger partial charge in [0.2, 0.25) is 0 Å². The van der Waals surface area contributed by atoms with Crippen LogP contribution in [0.5, 0.6) is 0 Å². The SMILES string of the molecule is CN(CCCC(C)(C)N)c1ccc2c(c1)CCC2. The van der Waals surface area contributed by atoms with Crippen molar-refractivity contribution in [3.63, 3.8) is 0 Å². The van der Waals surface area contributed by atoms with E-state index in [-0.39, 0.29) is 5.54 Å². The van der Waals surface area contributed by atoms with Gasteiger partial charge >= 0.3 is 0 Å². The van der Waals surface area contributed by atoms with Gasteiger partial charge in [0.05, 0.1) is 0 Å². The maximum absolute atomic E-state index is 6.02. The minimum atomic E-state index is -0.0429. The summed E-state index contributed by atoms with van der Waals surface area (Å²) in [5.74, 6) is 0. The fourth-order valence-electron chi connectivity index (χ4n) is 2.70. The van der Waals surface area contributed by atoms with Crippen LogP contribution in [0.1, 0.15) is 44.2 Å². The van der Waals surface area contributed by atoms with E-state index in [1.54, 1.807) is 11.1 Å². The predicted molar refractivity (Wildman–Crippen MR) is 79.2 cm³/mol. The average Bonchev–Trinajstić information content (AvgIpc) is 2.73. The first-order valence-electron chi connectivity index (χ1n) is 7.07. The second-order valence-electron chi connectivity index (χ2n) is 6.32. The molecule has 0 spiro atoms. The average molecular weight is 246 g/mol. The van der Waals surface area contributed by atoms with Crippen LogP contribution >= 0.6 is 0 Å². The van der Waals surface area contributed by atoms with E-state index in [2.05, 4.69) is 44.0 Å². The number of hydrogen-bond acceptors (Lipinski definition) is 2. The smallest absolute Gasteiger partial charge is 0.0366 e. The quantitative estimate of drug-likeness (QED) is 0.865. The lowest BCUT2D eigenvalue weighted by molar-refractivity contribution is 0.460. The third-order valence-electron chi connectivity index (χ3n) is 3.84. The molecule has 0 radical (unpaired) electrons. The van der Waals surface area contributed by atoms with Gasteiger partial charge in [0, 0.05) is 24.8 Å². The van der Waals surface area contributed by atoms with Crippen LogP contribution in [0.3, 0.4) is 0 Å². The molecule has 0 aromatic heterocycles. The summed E-state index contributed by atoms with van der Waals surface area (Å²) in [6.07, 6.45) is 6.07. The zero-order chi connectivity index (χ0) is 13.2. The minimum Gasteiger partial charge on any atom is -0.375 e. The Morgan fingerprint density at radius 1 is 1.22 bits per heavy atom. The number of benzene rings is 1. The van der Waals surface area contributed by atoms with Gasteiger partial charge in [-0.05, 0) is 69.2 Å². The molecule has 0 unspecified atom stereocenters. The van der Waals surface area contributed by atoms with E-state index in [0.717, 1.165) is 19.4 Å². The fourth-order valence-corrected chi connectivity index (χ4v) is 2.70. The molecule has 2 N–H and O–H groups in total. The standard InChI is InChI=1S/C16H26N2/c1-16(2,17)10-5-11-18(3)15-9-8-13-6-4-7-14(13)12-15/h8-9,12H,4-7,10-11,17H2,1-3H3. The molecule has 1 aromatic rings. The third kappa shape index (κ3) is 3.49. The first-order valence-corrected chi connectivity index (χ1v) is 7.07. The van der Waals surface area contributed by atoms with Gasteiger partial charge in [-0.15, -0.1) is 0 Å². The number of nitrogens with zero attached hydrogens (tertiary/aromatic N) is 1. The summed E-state index contributed by atoms with van der Waals surface area (Å²) in [7, 11) is 2.18. The molecule has 0 saturated heterocycles. The number of fused-ring (bicyclic) bond motifs is 1. The summed E-state index contributed by atoms with van der Waals surface area (Å²) in [5.41, 5.74) is 10.4. The lowest BCUT2D eigenvalue weighted by Crippen LogP contribution is -2.33. The Bertz CT molecular complexity index is 404. The van der Waals surface area contributed by atoms with Crippen LogP contribution in [0.2, 0.25) is 0 Å². The van der Waals surface area contributed by atoms with Gasteiger partial charge in [0.25, 0.3) is 0 Å². The van der Waals surface area contributed by atoms with Crippen molar-refractivity contribution in [3.05, 3.63) is 29.3 Å². The molecule has 1 aliphatic carbocycles. The van der Waals surface area contributed by atoms with E-state index < -0.39 is 0 Å². The van der Waals surface area contributed by atoms with Crippen molar-refractivity contribution >= 4 is 5.69 Å². The highest BCUT2D eigenvalue weighted by atomic mass is 15.1. The van der Waals surface area contributed by atoms with Gasteiger partial charge < -0.3 is 10.6 Å². The van der Waals surface area contributed by atoms with Crippen molar-refractivity contribution in [2.45, 2.75) is 51.5 Å². The number of anilines is 1. The first kappa shape index (κ1) is 13.4. The molecule has 1 aliphatic rings. The molecule has 2 rings (SSSR count). The largest absolute Gasteiger partial charge is 0.375 e. The summed E-state index contributed by atoms with van der Waals surface area (Å²) in [6.45, 7) is 5.28. The minimum absolute atomic E-state index is 0.0429. The molecule has 1 aromatic carbocycles. The lowest BCUT2D eigenvalue weighted by Gasteiger charge is -2.23. The molecule has 0 heterocycles. The number of hydrogen-bond donors (Lipinski definition) is 1. The van der Waals surface area contributed by atoms with Crippen LogP contribution in [0.15, 0.2) is 18.2 Å². The van der Waals surface area contributed by atoms with Crippen molar-refractivity contribution in [2.75, 3.05) is 18.5 Å². The molecule has 0 fully saturated rings. The van der Waals surface area contributed by atoms with Gasteiger partial charge in [0.1, 0.15) is 0 Å². The molecule has 0 aliphatic heterocycles. The molecule has 0 atom stereocenters. The lowest BCUT2D eigenvalue weighted by atomic mass is 10.00. The highest BCUT2D eigenvalue weighted by molar-refractivity contribution is 5.51. The Labute approximate surface area is 111 Å². The Morgan fingerprint density at radius 3 is 2.67 bits per heavy atom. The van der Waals surface area contributed by atoms with E-state index in [0.29, 0.717) is 0 Å². The first-order chi connectivity index (χ1) is 8.46. The van der Waals surface area contributed by atoms with E-state index in [4.69, 9.17) is 5.73 Å². The number of nitrogens with two attached hydrogens (primary N) is 1. The van der Waals surface area contributed by atoms with Gasteiger partial charge in [-0.1, -0.05) is 6.07 Å². The van der Waals surface area contributed by atoms with Gasteiger partial charge in [-0.25, -0.2) is 0 Å². The predicted octanol–water partition coefficient (Wildman–Crippen LogP) is 3.13. The van der Waals surface area contributed by atoms with Gasteiger partial charge in [0.15, 0.2) is 0 Å². The summed E-state index contributed by atoms with van der Waals surface area (Å²) in [6, 6.07) is 6.94. The third-order valence-corrected chi connectivity index (χ3v) is 3.84. The van der Waals surface area contributed by atoms with Crippen LogP contribution in [-0.4, -0.2) is 19.1 Å². The molecule has 18 heavy (non-hydrogen) atoms. The molecule has 0 amide bonds. The number of aryl methyl sites for hydroxylation is 2. The highest BCUT2D eigenvalue weighted by Crippen LogP contribution is 2.26. The molecule has 2 heteroatoms. The Balaban J connectivity index is 1.91.